The molecular weight excluding hydrogens is 431 g/mol. The molecule has 0 spiro atoms. The first-order valence-electron chi connectivity index (χ1n) is 8.11. The van der Waals surface area contributed by atoms with Crippen LogP contribution in [0.25, 0.3) is 0 Å². The summed E-state index contributed by atoms with van der Waals surface area (Å²) >= 11 is 6.50. The Morgan fingerprint density at radius 1 is 1.17 bits per heavy atom. The number of anilines is 1. The molecule has 0 fully saturated rings. The average Bonchev–Trinajstić information content (AvgIpc) is 3.14. The lowest BCUT2D eigenvalue weighted by Gasteiger charge is -2.11. The van der Waals surface area contributed by atoms with E-state index in [0.29, 0.717) is 5.75 Å². The lowest BCUT2D eigenvalue weighted by atomic mass is 10.2. The van der Waals surface area contributed by atoms with Crippen molar-refractivity contribution in [2.24, 2.45) is 0 Å². The van der Waals surface area contributed by atoms with Gasteiger partial charge in [0.05, 0.1) is 16.3 Å². The number of alkyl halides is 3. The van der Waals surface area contributed by atoms with Crippen molar-refractivity contribution in [3.05, 3.63) is 65.0 Å². The fourth-order valence-electron chi connectivity index (χ4n) is 2.16. The van der Waals surface area contributed by atoms with E-state index in [1.165, 1.54) is 6.07 Å². The van der Waals surface area contributed by atoms with Crippen LogP contribution in [0.1, 0.15) is 11.5 Å². The summed E-state index contributed by atoms with van der Waals surface area (Å²) in [5, 5.41) is 9.66. The first-order chi connectivity index (χ1) is 13.8. The van der Waals surface area contributed by atoms with Crippen LogP contribution in [0.4, 0.5) is 18.9 Å². The largest absolute Gasteiger partial charge is 0.484 e. The van der Waals surface area contributed by atoms with Gasteiger partial charge in [-0.15, -0.1) is 10.2 Å². The van der Waals surface area contributed by atoms with Gasteiger partial charge in [0.2, 0.25) is 5.91 Å². The van der Waals surface area contributed by atoms with Crippen molar-refractivity contribution in [2.75, 3.05) is 11.1 Å². The summed E-state index contributed by atoms with van der Waals surface area (Å²) in [5.41, 5.74) is -1.04. The number of ether oxygens (including phenoxy) is 1. The highest BCUT2D eigenvalue weighted by molar-refractivity contribution is 7.99. The predicted octanol–water partition coefficient (Wildman–Crippen LogP) is 5.05. The number of rotatable bonds is 7. The minimum absolute atomic E-state index is 0.0187. The summed E-state index contributed by atoms with van der Waals surface area (Å²) in [5.74, 6) is 0.195. The van der Waals surface area contributed by atoms with Gasteiger partial charge in [-0.1, -0.05) is 41.6 Å². The van der Waals surface area contributed by atoms with E-state index in [0.717, 1.165) is 23.9 Å². The van der Waals surface area contributed by atoms with Crippen molar-refractivity contribution in [1.82, 2.24) is 10.2 Å². The van der Waals surface area contributed by atoms with Crippen molar-refractivity contribution in [3.63, 3.8) is 0 Å². The molecule has 0 aliphatic carbocycles. The number of benzene rings is 2. The Labute approximate surface area is 172 Å². The maximum atomic E-state index is 12.9. The molecule has 0 atom stereocenters. The second-order valence-electron chi connectivity index (χ2n) is 5.59. The zero-order chi connectivity index (χ0) is 20.9. The second kappa shape index (κ2) is 9.19. The Balaban J connectivity index is 1.50. The highest BCUT2D eigenvalue weighted by Gasteiger charge is 2.33. The molecule has 0 saturated carbocycles. The Bertz CT molecular complexity index is 983. The zero-order valence-corrected chi connectivity index (χ0v) is 16.1. The van der Waals surface area contributed by atoms with Crippen molar-refractivity contribution in [1.29, 1.82) is 0 Å². The van der Waals surface area contributed by atoms with E-state index in [2.05, 4.69) is 15.5 Å². The van der Waals surface area contributed by atoms with Gasteiger partial charge in [-0.2, -0.15) is 13.2 Å². The average molecular weight is 444 g/mol. The minimum Gasteiger partial charge on any atom is -0.484 e. The number of nitrogens with zero attached hydrogens (tertiary/aromatic N) is 2. The third-order valence-electron chi connectivity index (χ3n) is 3.44. The van der Waals surface area contributed by atoms with Gasteiger partial charge in [0.25, 0.3) is 11.1 Å². The standard InChI is InChI=1S/C18H13ClF3N3O3S/c19-14-7-6-11(8-13(14)18(20,21)22)23-15(26)10-29-17-25-24-16(28-17)9-27-12-4-2-1-3-5-12/h1-8H,9-10H2,(H,23,26). The number of para-hydroxylation sites is 1. The first-order valence-corrected chi connectivity index (χ1v) is 9.47. The van der Waals surface area contributed by atoms with Gasteiger partial charge in [0.1, 0.15) is 5.75 Å². The van der Waals surface area contributed by atoms with Gasteiger partial charge in [0, 0.05) is 5.69 Å². The van der Waals surface area contributed by atoms with E-state index in [4.69, 9.17) is 20.8 Å². The molecule has 3 aromatic rings. The summed E-state index contributed by atoms with van der Waals surface area (Å²) < 4.78 is 49.4. The summed E-state index contributed by atoms with van der Waals surface area (Å²) in [6.07, 6.45) is -4.62. The maximum Gasteiger partial charge on any atom is 0.417 e. The number of hydrogen-bond acceptors (Lipinski definition) is 6. The topological polar surface area (TPSA) is 77.2 Å². The predicted molar refractivity (Wildman–Crippen MR) is 101 cm³/mol. The number of thioether (sulfide) groups is 1. The number of hydrogen-bond donors (Lipinski definition) is 1. The monoisotopic (exact) mass is 443 g/mol. The number of carbonyl (C=O) groups is 1. The molecule has 1 aromatic heterocycles. The summed E-state index contributed by atoms with van der Waals surface area (Å²) in [6, 6.07) is 12.2. The zero-order valence-electron chi connectivity index (χ0n) is 14.6. The summed E-state index contributed by atoms with van der Waals surface area (Å²) in [7, 11) is 0. The third-order valence-corrected chi connectivity index (χ3v) is 4.58. The van der Waals surface area contributed by atoms with Gasteiger partial charge >= 0.3 is 6.18 Å². The van der Waals surface area contributed by atoms with Gasteiger partial charge in [-0.3, -0.25) is 4.79 Å². The Morgan fingerprint density at radius 2 is 1.93 bits per heavy atom. The summed E-state index contributed by atoms with van der Waals surface area (Å²) in [4.78, 5) is 12.0. The number of carbonyl (C=O) groups excluding carboxylic acids is 1. The molecule has 29 heavy (non-hydrogen) atoms. The van der Waals surface area contributed by atoms with Gasteiger partial charge in [-0.05, 0) is 30.3 Å². The minimum atomic E-state index is -4.62. The molecule has 0 saturated heterocycles. The molecule has 0 radical (unpaired) electrons. The van der Waals surface area contributed by atoms with E-state index in [1.807, 2.05) is 18.2 Å². The number of halogens is 4. The third kappa shape index (κ3) is 6.13. The highest BCUT2D eigenvalue weighted by Crippen LogP contribution is 2.36. The molecule has 0 bridgehead atoms. The number of amides is 1. The smallest absolute Gasteiger partial charge is 0.417 e. The van der Waals surface area contributed by atoms with E-state index in [-0.39, 0.29) is 29.2 Å². The molecule has 0 aliphatic heterocycles. The highest BCUT2D eigenvalue weighted by atomic mass is 35.5. The van der Waals surface area contributed by atoms with Crippen LogP contribution in [0.5, 0.6) is 5.75 Å². The maximum absolute atomic E-state index is 12.9. The molecule has 1 N–H and O–H groups in total. The van der Waals surface area contributed by atoms with Crippen LogP contribution in [0.2, 0.25) is 5.02 Å². The molecule has 11 heteroatoms. The van der Waals surface area contributed by atoms with E-state index in [9.17, 15) is 18.0 Å². The van der Waals surface area contributed by atoms with Gasteiger partial charge in [-0.25, -0.2) is 0 Å². The molecule has 6 nitrogen and oxygen atoms in total. The van der Waals surface area contributed by atoms with Crippen LogP contribution in [0.15, 0.2) is 58.2 Å². The lowest BCUT2D eigenvalue weighted by molar-refractivity contribution is -0.137. The van der Waals surface area contributed by atoms with Gasteiger partial charge < -0.3 is 14.5 Å². The quantitative estimate of drug-likeness (QED) is 0.515. The van der Waals surface area contributed by atoms with Crippen LogP contribution in [-0.2, 0) is 17.6 Å². The molecule has 2 aromatic carbocycles. The van der Waals surface area contributed by atoms with Crippen molar-refractivity contribution in [3.8, 4) is 5.75 Å². The van der Waals surface area contributed by atoms with Crippen LogP contribution in [-0.4, -0.2) is 21.9 Å². The first kappa shape index (κ1) is 21.0. The molecule has 3 rings (SSSR count). The molecular formula is C18H13ClF3N3O3S. The lowest BCUT2D eigenvalue weighted by Crippen LogP contribution is -2.15. The Morgan fingerprint density at radius 3 is 2.66 bits per heavy atom. The molecule has 1 heterocycles. The molecule has 1 amide bonds. The number of nitrogens with one attached hydrogen (secondary N) is 1. The van der Waals surface area contributed by atoms with Crippen molar-refractivity contribution in [2.45, 2.75) is 18.0 Å². The second-order valence-corrected chi connectivity index (χ2v) is 6.93. The van der Waals surface area contributed by atoms with Crippen molar-refractivity contribution >= 4 is 35.0 Å². The molecule has 0 unspecified atom stereocenters. The van der Waals surface area contributed by atoms with Crippen LogP contribution in [0.3, 0.4) is 0 Å². The van der Waals surface area contributed by atoms with Crippen LogP contribution < -0.4 is 10.1 Å². The van der Waals surface area contributed by atoms with E-state index < -0.39 is 22.7 Å². The van der Waals surface area contributed by atoms with E-state index >= 15 is 0 Å². The van der Waals surface area contributed by atoms with Crippen molar-refractivity contribution < 1.29 is 27.1 Å². The van der Waals surface area contributed by atoms with Crippen LogP contribution >= 0.6 is 23.4 Å². The molecule has 0 aliphatic rings. The number of aromatic nitrogens is 2. The van der Waals surface area contributed by atoms with Gasteiger partial charge in [0.15, 0.2) is 6.61 Å². The Hall–Kier alpha value is -2.72. The van der Waals surface area contributed by atoms with Crippen LogP contribution in [0, 0.1) is 0 Å². The normalized spacial score (nSPS) is 11.3. The Kier molecular flexibility index (Phi) is 6.65. The SMILES string of the molecule is O=C(CSc1nnc(COc2ccccc2)o1)Nc1ccc(Cl)c(C(F)(F)F)c1. The summed E-state index contributed by atoms with van der Waals surface area (Å²) in [6.45, 7) is 0.0642. The van der Waals surface area contributed by atoms with E-state index in [1.54, 1.807) is 12.1 Å². The fourth-order valence-corrected chi connectivity index (χ4v) is 2.97. The molecule has 152 valence electrons. The fraction of sp³-hybridized carbons (Fsp3) is 0.167.